The Bertz CT molecular complexity index is 813. The molecule has 0 bridgehead atoms. The molecule has 0 spiro atoms. The molecule has 122 valence electrons. The van der Waals surface area contributed by atoms with Crippen molar-refractivity contribution in [3.05, 3.63) is 83.1 Å². The van der Waals surface area contributed by atoms with Gasteiger partial charge in [-0.3, -0.25) is 4.79 Å². The molecule has 0 unspecified atom stereocenters. The maximum absolute atomic E-state index is 12.1. The molecule has 1 atom stereocenters. The Labute approximate surface area is 144 Å². The number of nitrogens with one attached hydrogen (secondary N) is 1. The maximum atomic E-state index is 12.1. The predicted octanol–water partition coefficient (Wildman–Crippen LogP) is 4.06. The van der Waals surface area contributed by atoms with Crippen molar-refractivity contribution in [1.29, 1.82) is 0 Å². The van der Waals surface area contributed by atoms with Crippen molar-refractivity contribution in [2.75, 3.05) is 6.54 Å². The SMILES string of the molecule is O=C(NC[C@H](O)c1ccc(-c2ccco2)cc1)c1ccccc1Cl. The zero-order valence-corrected chi connectivity index (χ0v) is 13.5. The fraction of sp³-hybridized carbons (Fsp3) is 0.105. The van der Waals surface area contributed by atoms with E-state index in [1.54, 1.807) is 30.5 Å². The summed E-state index contributed by atoms with van der Waals surface area (Å²) in [5, 5.41) is 13.3. The average Bonchev–Trinajstić information content (AvgIpc) is 3.14. The van der Waals surface area contributed by atoms with E-state index >= 15 is 0 Å². The number of carbonyl (C=O) groups excluding carboxylic acids is 1. The van der Waals surface area contributed by atoms with E-state index in [9.17, 15) is 9.90 Å². The summed E-state index contributed by atoms with van der Waals surface area (Å²) in [6.45, 7) is 0.101. The normalized spacial score (nSPS) is 11.9. The number of halogens is 1. The minimum Gasteiger partial charge on any atom is -0.464 e. The second-order valence-corrected chi connectivity index (χ2v) is 5.71. The van der Waals surface area contributed by atoms with Crippen molar-refractivity contribution >= 4 is 17.5 Å². The Kier molecular flexibility index (Phi) is 4.99. The average molecular weight is 342 g/mol. The molecule has 1 heterocycles. The Balaban J connectivity index is 1.62. The lowest BCUT2D eigenvalue weighted by Gasteiger charge is -2.13. The van der Waals surface area contributed by atoms with E-state index in [4.69, 9.17) is 16.0 Å². The highest BCUT2D eigenvalue weighted by atomic mass is 35.5. The summed E-state index contributed by atoms with van der Waals surface area (Å²) < 4.78 is 5.33. The molecule has 0 aliphatic carbocycles. The number of hydrogen-bond donors (Lipinski definition) is 2. The largest absolute Gasteiger partial charge is 0.464 e. The summed E-state index contributed by atoms with van der Waals surface area (Å²) in [7, 11) is 0. The minimum atomic E-state index is -0.804. The third-order valence-corrected chi connectivity index (χ3v) is 4.01. The van der Waals surface area contributed by atoms with Crippen LogP contribution in [0.3, 0.4) is 0 Å². The van der Waals surface area contributed by atoms with Gasteiger partial charge in [-0.2, -0.15) is 0 Å². The quantitative estimate of drug-likeness (QED) is 0.735. The van der Waals surface area contributed by atoms with Crippen molar-refractivity contribution in [3.8, 4) is 11.3 Å². The number of aliphatic hydroxyl groups excluding tert-OH is 1. The van der Waals surface area contributed by atoms with Crippen molar-refractivity contribution in [2.45, 2.75) is 6.10 Å². The molecule has 0 aliphatic heterocycles. The first kappa shape index (κ1) is 16.3. The van der Waals surface area contributed by atoms with Gasteiger partial charge in [0.1, 0.15) is 5.76 Å². The fourth-order valence-electron chi connectivity index (χ4n) is 2.36. The Morgan fingerprint density at radius 1 is 1.08 bits per heavy atom. The van der Waals surface area contributed by atoms with Gasteiger partial charge in [0.15, 0.2) is 0 Å². The molecule has 24 heavy (non-hydrogen) atoms. The van der Waals surface area contributed by atoms with E-state index in [0.29, 0.717) is 16.1 Å². The molecule has 3 aromatic rings. The number of benzene rings is 2. The Hall–Kier alpha value is -2.56. The zero-order valence-electron chi connectivity index (χ0n) is 12.8. The molecule has 0 saturated carbocycles. The van der Waals surface area contributed by atoms with E-state index < -0.39 is 6.10 Å². The van der Waals surface area contributed by atoms with Crippen LogP contribution < -0.4 is 5.32 Å². The van der Waals surface area contributed by atoms with Gasteiger partial charge in [0, 0.05) is 12.1 Å². The lowest BCUT2D eigenvalue weighted by atomic mass is 10.1. The van der Waals surface area contributed by atoms with Crippen molar-refractivity contribution in [1.82, 2.24) is 5.32 Å². The van der Waals surface area contributed by atoms with E-state index in [0.717, 1.165) is 11.3 Å². The van der Waals surface area contributed by atoms with Crippen LogP contribution in [0.25, 0.3) is 11.3 Å². The van der Waals surface area contributed by atoms with Crippen LogP contribution in [-0.4, -0.2) is 17.6 Å². The van der Waals surface area contributed by atoms with E-state index in [-0.39, 0.29) is 12.5 Å². The molecule has 2 N–H and O–H groups in total. The van der Waals surface area contributed by atoms with Gasteiger partial charge in [-0.25, -0.2) is 0 Å². The summed E-state index contributed by atoms with van der Waals surface area (Å²) in [6, 6.07) is 17.8. The molecule has 5 heteroatoms. The number of aliphatic hydroxyl groups is 1. The molecule has 2 aromatic carbocycles. The summed E-state index contributed by atoms with van der Waals surface area (Å²) in [4.78, 5) is 12.1. The third kappa shape index (κ3) is 3.67. The summed E-state index contributed by atoms with van der Waals surface area (Å²) in [5.74, 6) is 0.454. The van der Waals surface area contributed by atoms with E-state index in [1.807, 2.05) is 36.4 Å². The van der Waals surface area contributed by atoms with Crippen LogP contribution in [0.1, 0.15) is 22.0 Å². The maximum Gasteiger partial charge on any atom is 0.252 e. The summed E-state index contributed by atoms with van der Waals surface area (Å²) >= 11 is 5.99. The smallest absolute Gasteiger partial charge is 0.252 e. The topological polar surface area (TPSA) is 62.5 Å². The molecule has 0 radical (unpaired) electrons. The number of hydrogen-bond acceptors (Lipinski definition) is 3. The standard InChI is InChI=1S/C19H16ClNO3/c20-16-5-2-1-4-15(16)19(23)21-12-17(22)13-7-9-14(10-8-13)18-6-3-11-24-18/h1-11,17,22H,12H2,(H,21,23)/t17-/m0/s1. The van der Waals surface area contributed by atoms with Crippen molar-refractivity contribution in [2.24, 2.45) is 0 Å². The second kappa shape index (κ2) is 7.34. The molecule has 3 rings (SSSR count). The lowest BCUT2D eigenvalue weighted by Crippen LogP contribution is -2.28. The molecule has 0 saturated heterocycles. The second-order valence-electron chi connectivity index (χ2n) is 5.30. The molecule has 1 amide bonds. The first-order chi connectivity index (χ1) is 11.6. The molecular weight excluding hydrogens is 326 g/mol. The van der Waals surface area contributed by atoms with Gasteiger partial charge in [-0.15, -0.1) is 0 Å². The van der Waals surface area contributed by atoms with Gasteiger partial charge in [0.2, 0.25) is 0 Å². The Morgan fingerprint density at radius 2 is 1.83 bits per heavy atom. The van der Waals surface area contributed by atoms with Gasteiger partial charge >= 0.3 is 0 Å². The highest BCUT2D eigenvalue weighted by molar-refractivity contribution is 6.33. The van der Waals surface area contributed by atoms with Crippen LogP contribution in [0.15, 0.2) is 71.3 Å². The highest BCUT2D eigenvalue weighted by Gasteiger charge is 2.13. The third-order valence-electron chi connectivity index (χ3n) is 3.68. The first-order valence-electron chi connectivity index (χ1n) is 7.50. The molecule has 1 aromatic heterocycles. The molecular formula is C19H16ClNO3. The lowest BCUT2D eigenvalue weighted by molar-refractivity contribution is 0.0916. The minimum absolute atomic E-state index is 0.101. The number of rotatable bonds is 5. The fourth-order valence-corrected chi connectivity index (χ4v) is 2.58. The van der Waals surface area contributed by atoms with Crippen LogP contribution in [-0.2, 0) is 0 Å². The van der Waals surface area contributed by atoms with Crippen molar-refractivity contribution in [3.63, 3.8) is 0 Å². The Morgan fingerprint density at radius 3 is 2.50 bits per heavy atom. The predicted molar refractivity (Wildman–Crippen MR) is 92.9 cm³/mol. The van der Waals surface area contributed by atoms with Gasteiger partial charge < -0.3 is 14.8 Å². The van der Waals surface area contributed by atoms with Crippen molar-refractivity contribution < 1.29 is 14.3 Å². The zero-order chi connectivity index (χ0) is 16.9. The van der Waals surface area contributed by atoms with E-state index in [2.05, 4.69) is 5.32 Å². The van der Waals surface area contributed by atoms with Crippen LogP contribution in [0.2, 0.25) is 5.02 Å². The highest BCUT2D eigenvalue weighted by Crippen LogP contribution is 2.22. The first-order valence-corrected chi connectivity index (χ1v) is 7.87. The van der Waals surface area contributed by atoms with Crippen LogP contribution in [0.5, 0.6) is 0 Å². The van der Waals surface area contributed by atoms with E-state index in [1.165, 1.54) is 0 Å². The number of carbonyl (C=O) groups is 1. The van der Waals surface area contributed by atoms with Gasteiger partial charge in [0.25, 0.3) is 5.91 Å². The monoisotopic (exact) mass is 341 g/mol. The van der Waals surface area contributed by atoms with Crippen LogP contribution in [0.4, 0.5) is 0 Å². The van der Waals surface area contributed by atoms with Gasteiger partial charge in [0.05, 0.1) is 23.0 Å². The van der Waals surface area contributed by atoms with Gasteiger partial charge in [-0.05, 0) is 29.8 Å². The van der Waals surface area contributed by atoms with Gasteiger partial charge in [-0.1, -0.05) is 48.0 Å². The summed E-state index contributed by atoms with van der Waals surface area (Å²) in [5.41, 5.74) is 2.03. The van der Waals surface area contributed by atoms with Crippen LogP contribution in [0, 0.1) is 0 Å². The molecule has 0 fully saturated rings. The summed E-state index contributed by atoms with van der Waals surface area (Å²) in [6.07, 6.45) is 0.810. The van der Waals surface area contributed by atoms with Crippen LogP contribution >= 0.6 is 11.6 Å². The molecule has 4 nitrogen and oxygen atoms in total. The number of amides is 1. The molecule has 0 aliphatic rings. The number of furan rings is 1.